The molecule has 2 aromatic rings. The number of hydrogen-bond acceptors (Lipinski definition) is 2. The first-order valence-corrected chi connectivity index (χ1v) is 6.67. The Labute approximate surface area is 111 Å². The van der Waals surface area contributed by atoms with Crippen LogP contribution in [-0.2, 0) is 0 Å². The highest BCUT2D eigenvalue weighted by molar-refractivity contribution is 9.10. The van der Waals surface area contributed by atoms with E-state index in [9.17, 15) is 9.18 Å². The van der Waals surface area contributed by atoms with Crippen LogP contribution < -0.4 is 0 Å². The molecule has 0 saturated carbocycles. The van der Waals surface area contributed by atoms with Gasteiger partial charge in [-0.25, -0.2) is 4.39 Å². The minimum Gasteiger partial charge on any atom is -0.288 e. The molecule has 4 heteroatoms. The Morgan fingerprint density at radius 2 is 2.00 bits per heavy atom. The van der Waals surface area contributed by atoms with Crippen LogP contribution in [0.5, 0.6) is 0 Å². The fourth-order valence-corrected chi connectivity index (χ4v) is 3.03. The van der Waals surface area contributed by atoms with Crippen molar-refractivity contribution >= 4 is 33.0 Å². The molecular formula is C13H10BrFOS. The number of rotatable bonds is 2. The van der Waals surface area contributed by atoms with Crippen molar-refractivity contribution in [1.29, 1.82) is 0 Å². The minimum atomic E-state index is -0.383. The lowest BCUT2D eigenvalue weighted by Crippen LogP contribution is -2.02. The fraction of sp³-hybridized carbons (Fsp3) is 0.154. The summed E-state index contributed by atoms with van der Waals surface area (Å²) in [6.07, 6.45) is 0. The van der Waals surface area contributed by atoms with Crippen LogP contribution in [0.25, 0.3) is 0 Å². The normalized spacial score (nSPS) is 10.6. The fourth-order valence-electron chi connectivity index (χ4n) is 1.54. The van der Waals surface area contributed by atoms with Gasteiger partial charge in [-0.3, -0.25) is 4.79 Å². The van der Waals surface area contributed by atoms with E-state index in [0.717, 1.165) is 14.9 Å². The van der Waals surface area contributed by atoms with Crippen molar-refractivity contribution in [1.82, 2.24) is 0 Å². The van der Waals surface area contributed by atoms with E-state index in [0.29, 0.717) is 10.4 Å². The van der Waals surface area contributed by atoms with E-state index >= 15 is 0 Å². The molecule has 0 radical (unpaired) electrons. The lowest BCUT2D eigenvalue weighted by atomic mass is 10.0. The van der Waals surface area contributed by atoms with Gasteiger partial charge >= 0.3 is 0 Å². The van der Waals surface area contributed by atoms with Gasteiger partial charge in [0.2, 0.25) is 5.78 Å². The summed E-state index contributed by atoms with van der Waals surface area (Å²) >= 11 is 4.79. The summed E-state index contributed by atoms with van der Waals surface area (Å²) in [5.74, 6) is -0.507. The summed E-state index contributed by atoms with van der Waals surface area (Å²) in [4.78, 5) is 13.9. The molecule has 0 aliphatic carbocycles. The molecule has 0 unspecified atom stereocenters. The predicted molar refractivity (Wildman–Crippen MR) is 71.3 cm³/mol. The van der Waals surface area contributed by atoms with Crippen molar-refractivity contribution in [2.24, 2.45) is 0 Å². The van der Waals surface area contributed by atoms with Crippen LogP contribution in [0.2, 0.25) is 0 Å². The molecular weight excluding hydrogens is 303 g/mol. The maximum Gasteiger partial charge on any atom is 0.203 e. The Kier molecular flexibility index (Phi) is 3.45. The molecule has 0 aliphatic rings. The van der Waals surface area contributed by atoms with E-state index in [1.807, 2.05) is 13.8 Å². The summed E-state index contributed by atoms with van der Waals surface area (Å²) in [7, 11) is 0. The first-order valence-electron chi connectivity index (χ1n) is 5.06. The van der Waals surface area contributed by atoms with E-state index < -0.39 is 0 Å². The van der Waals surface area contributed by atoms with Gasteiger partial charge in [0.05, 0.1) is 4.88 Å². The molecule has 2 rings (SSSR count). The number of ketones is 1. The summed E-state index contributed by atoms with van der Waals surface area (Å²) in [6, 6.07) is 6.06. The molecule has 0 atom stereocenters. The summed E-state index contributed by atoms with van der Waals surface area (Å²) in [5.41, 5.74) is 1.22. The van der Waals surface area contributed by atoms with Crippen molar-refractivity contribution in [3.05, 3.63) is 55.4 Å². The zero-order chi connectivity index (χ0) is 12.6. The van der Waals surface area contributed by atoms with Gasteiger partial charge < -0.3 is 0 Å². The Morgan fingerprint density at radius 3 is 2.59 bits per heavy atom. The van der Waals surface area contributed by atoms with Crippen LogP contribution in [0, 0.1) is 19.7 Å². The number of halogens is 2. The molecule has 88 valence electrons. The molecule has 1 nitrogen and oxygen atoms in total. The molecule has 0 bridgehead atoms. The molecule has 0 spiro atoms. The molecule has 1 aromatic carbocycles. The topological polar surface area (TPSA) is 17.1 Å². The standard InChI is InChI=1S/C13H10BrFOS/c1-7-3-4-9(15)5-10(7)13(16)12-6-11(14)8(2)17-12/h3-6H,1-2H3. The van der Waals surface area contributed by atoms with Crippen molar-refractivity contribution < 1.29 is 9.18 Å². The molecule has 0 amide bonds. The largest absolute Gasteiger partial charge is 0.288 e. The first kappa shape index (κ1) is 12.5. The summed E-state index contributed by atoms with van der Waals surface area (Å²) in [5, 5.41) is 0. The van der Waals surface area contributed by atoms with Crippen LogP contribution in [0.4, 0.5) is 4.39 Å². The number of carbonyl (C=O) groups is 1. The monoisotopic (exact) mass is 312 g/mol. The highest BCUT2D eigenvalue weighted by atomic mass is 79.9. The van der Waals surface area contributed by atoms with Crippen LogP contribution in [-0.4, -0.2) is 5.78 Å². The third-order valence-electron chi connectivity index (χ3n) is 2.53. The SMILES string of the molecule is Cc1ccc(F)cc1C(=O)c1cc(Br)c(C)s1. The average Bonchev–Trinajstić information content (AvgIpc) is 2.62. The zero-order valence-corrected chi connectivity index (χ0v) is 11.8. The second-order valence-corrected chi connectivity index (χ2v) is 5.91. The quantitative estimate of drug-likeness (QED) is 0.746. The van der Waals surface area contributed by atoms with Gasteiger partial charge in [-0.1, -0.05) is 6.07 Å². The van der Waals surface area contributed by atoms with Crippen molar-refractivity contribution in [3.63, 3.8) is 0 Å². The lowest BCUT2D eigenvalue weighted by Gasteiger charge is -2.02. The highest BCUT2D eigenvalue weighted by Gasteiger charge is 2.16. The van der Waals surface area contributed by atoms with Gasteiger partial charge in [-0.05, 0) is 53.5 Å². The van der Waals surface area contributed by atoms with Crippen LogP contribution >= 0.6 is 27.3 Å². The zero-order valence-electron chi connectivity index (χ0n) is 9.38. The summed E-state index contributed by atoms with van der Waals surface area (Å²) < 4.78 is 14.1. The van der Waals surface area contributed by atoms with Crippen molar-refractivity contribution in [2.45, 2.75) is 13.8 Å². The number of hydrogen-bond donors (Lipinski definition) is 0. The molecule has 17 heavy (non-hydrogen) atoms. The molecule has 0 N–H and O–H groups in total. The number of benzene rings is 1. The first-order chi connectivity index (χ1) is 7.99. The van der Waals surface area contributed by atoms with Crippen molar-refractivity contribution in [2.75, 3.05) is 0 Å². The Morgan fingerprint density at radius 1 is 1.29 bits per heavy atom. The molecule has 0 fully saturated rings. The van der Waals surface area contributed by atoms with Gasteiger partial charge in [-0.15, -0.1) is 11.3 Å². The number of thiophene rings is 1. The number of aryl methyl sites for hydroxylation is 2. The molecule has 0 saturated heterocycles. The molecule has 1 heterocycles. The third-order valence-corrected chi connectivity index (χ3v) is 4.66. The Bertz CT molecular complexity index is 570. The maximum absolute atomic E-state index is 13.1. The van der Waals surface area contributed by atoms with Crippen LogP contribution in [0.15, 0.2) is 28.7 Å². The summed E-state index contributed by atoms with van der Waals surface area (Å²) in [6.45, 7) is 3.74. The second-order valence-electron chi connectivity index (χ2n) is 3.80. The minimum absolute atomic E-state index is 0.124. The van der Waals surface area contributed by atoms with E-state index in [2.05, 4.69) is 15.9 Å². The number of carbonyl (C=O) groups excluding carboxylic acids is 1. The Hall–Kier alpha value is -1.000. The maximum atomic E-state index is 13.1. The molecule has 1 aromatic heterocycles. The van der Waals surface area contributed by atoms with Gasteiger partial charge in [0.15, 0.2) is 0 Å². The van der Waals surface area contributed by atoms with Crippen LogP contribution in [0.3, 0.4) is 0 Å². The average molecular weight is 313 g/mol. The predicted octanol–water partition coefficient (Wildman–Crippen LogP) is 4.50. The molecule has 0 aliphatic heterocycles. The van der Waals surface area contributed by atoms with E-state index in [1.165, 1.54) is 23.5 Å². The lowest BCUT2D eigenvalue weighted by molar-refractivity contribution is 0.104. The van der Waals surface area contributed by atoms with Gasteiger partial charge in [0.25, 0.3) is 0 Å². The van der Waals surface area contributed by atoms with Gasteiger partial charge in [0, 0.05) is 14.9 Å². The van der Waals surface area contributed by atoms with Crippen molar-refractivity contribution in [3.8, 4) is 0 Å². The van der Waals surface area contributed by atoms with Gasteiger partial charge in [-0.2, -0.15) is 0 Å². The Balaban J connectivity index is 2.47. The smallest absolute Gasteiger partial charge is 0.203 e. The van der Waals surface area contributed by atoms with E-state index in [4.69, 9.17) is 0 Å². The second kappa shape index (κ2) is 4.70. The van der Waals surface area contributed by atoms with E-state index in [1.54, 1.807) is 12.1 Å². The van der Waals surface area contributed by atoms with Crippen LogP contribution in [0.1, 0.15) is 25.7 Å². The van der Waals surface area contributed by atoms with E-state index in [-0.39, 0.29) is 11.6 Å². The third kappa shape index (κ3) is 2.48. The van der Waals surface area contributed by atoms with Gasteiger partial charge in [0.1, 0.15) is 5.82 Å². The highest BCUT2D eigenvalue weighted by Crippen LogP contribution is 2.28.